The van der Waals surface area contributed by atoms with E-state index in [0.717, 1.165) is 29.1 Å². The number of halogens is 3. The van der Waals surface area contributed by atoms with Crippen molar-refractivity contribution in [1.29, 1.82) is 0 Å². The molecule has 0 amide bonds. The first-order valence-electron chi connectivity index (χ1n) is 5.78. The molecule has 3 nitrogen and oxygen atoms in total. The lowest BCUT2D eigenvalue weighted by molar-refractivity contribution is -0.137. The molecule has 0 aliphatic carbocycles. The van der Waals surface area contributed by atoms with E-state index < -0.39 is 11.7 Å². The minimum atomic E-state index is -4.30. The quantitative estimate of drug-likeness (QED) is 0.930. The van der Waals surface area contributed by atoms with Gasteiger partial charge in [0, 0.05) is 20.0 Å². The van der Waals surface area contributed by atoms with Gasteiger partial charge in [-0.05, 0) is 23.8 Å². The van der Waals surface area contributed by atoms with Gasteiger partial charge in [0.25, 0.3) is 0 Å². The maximum absolute atomic E-state index is 12.4. The highest BCUT2D eigenvalue weighted by Crippen LogP contribution is 2.29. The lowest BCUT2D eigenvalue weighted by Crippen LogP contribution is -2.04. The first kappa shape index (κ1) is 13.6. The molecule has 0 aliphatic heterocycles. The molecule has 1 aromatic carbocycles. The highest BCUT2D eigenvalue weighted by molar-refractivity contribution is 5.28. The molecule has 0 radical (unpaired) electrons. The molecule has 0 atom stereocenters. The van der Waals surface area contributed by atoms with Crippen LogP contribution >= 0.6 is 0 Å². The van der Waals surface area contributed by atoms with Crippen LogP contribution in [0.5, 0.6) is 0 Å². The van der Waals surface area contributed by atoms with Crippen molar-refractivity contribution in [2.24, 2.45) is 12.8 Å². The van der Waals surface area contributed by atoms with Crippen LogP contribution in [0.3, 0.4) is 0 Å². The van der Waals surface area contributed by atoms with E-state index in [-0.39, 0.29) is 0 Å². The van der Waals surface area contributed by atoms with Crippen molar-refractivity contribution >= 4 is 0 Å². The fraction of sp³-hybridized carbons (Fsp3) is 0.308. The molecule has 1 heterocycles. The molecule has 0 unspecified atom stereocenters. The summed E-state index contributed by atoms with van der Waals surface area (Å²) in [6.45, 7) is 0.385. The highest BCUT2D eigenvalue weighted by atomic mass is 19.4. The van der Waals surface area contributed by atoms with E-state index in [4.69, 9.17) is 5.73 Å². The van der Waals surface area contributed by atoms with E-state index in [1.807, 2.05) is 6.07 Å². The molecule has 19 heavy (non-hydrogen) atoms. The molecular formula is C13H14F3N3. The zero-order chi connectivity index (χ0) is 14.0. The molecule has 0 spiro atoms. The van der Waals surface area contributed by atoms with Crippen molar-refractivity contribution in [1.82, 2.24) is 9.78 Å². The van der Waals surface area contributed by atoms with Gasteiger partial charge in [0.1, 0.15) is 0 Å². The fourth-order valence-corrected chi connectivity index (χ4v) is 1.87. The number of hydrogen-bond donors (Lipinski definition) is 1. The van der Waals surface area contributed by atoms with Gasteiger partial charge in [-0.15, -0.1) is 0 Å². The van der Waals surface area contributed by atoms with Crippen LogP contribution in [-0.2, 0) is 26.2 Å². The summed E-state index contributed by atoms with van der Waals surface area (Å²) in [5.74, 6) is 0. The Morgan fingerprint density at radius 3 is 2.32 bits per heavy atom. The Kier molecular flexibility index (Phi) is 3.61. The molecule has 0 saturated heterocycles. The lowest BCUT2D eigenvalue weighted by atomic mass is 10.1. The van der Waals surface area contributed by atoms with E-state index >= 15 is 0 Å². The van der Waals surface area contributed by atoms with Crippen LogP contribution in [0.15, 0.2) is 30.3 Å². The average molecular weight is 269 g/mol. The summed E-state index contributed by atoms with van der Waals surface area (Å²) < 4.78 is 38.9. The summed E-state index contributed by atoms with van der Waals surface area (Å²) >= 11 is 0. The van der Waals surface area contributed by atoms with Crippen LogP contribution in [0.4, 0.5) is 13.2 Å². The molecule has 102 valence electrons. The maximum Gasteiger partial charge on any atom is 0.416 e. The fourth-order valence-electron chi connectivity index (χ4n) is 1.87. The van der Waals surface area contributed by atoms with Crippen molar-refractivity contribution in [3.05, 3.63) is 52.8 Å². The molecular weight excluding hydrogens is 255 g/mol. The number of nitrogens with zero attached hydrogens (tertiary/aromatic N) is 2. The summed E-state index contributed by atoms with van der Waals surface area (Å²) in [5, 5.41) is 4.26. The second-order valence-electron chi connectivity index (χ2n) is 4.33. The third-order valence-electron chi connectivity index (χ3n) is 2.90. The Bertz CT molecular complexity index is 556. The second kappa shape index (κ2) is 5.05. The lowest BCUT2D eigenvalue weighted by Gasteiger charge is -2.06. The molecule has 2 aromatic rings. The number of aryl methyl sites for hydroxylation is 1. The van der Waals surface area contributed by atoms with Gasteiger partial charge in [-0.2, -0.15) is 18.3 Å². The van der Waals surface area contributed by atoms with E-state index in [1.165, 1.54) is 12.1 Å². The summed E-state index contributed by atoms with van der Waals surface area (Å²) in [6.07, 6.45) is -3.80. The van der Waals surface area contributed by atoms with Gasteiger partial charge in [-0.25, -0.2) is 0 Å². The number of nitrogens with two attached hydrogens (primary N) is 1. The topological polar surface area (TPSA) is 43.8 Å². The zero-order valence-corrected chi connectivity index (χ0v) is 10.4. The SMILES string of the molecule is Cn1nc(Cc2ccc(C(F)(F)F)cc2)cc1CN. The molecule has 2 N–H and O–H groups in total. The van der Waals surface area contributed by atoms with Crippen molar-refractivity contribution in [3.8, 4) is 0 Å². The predicted molar refractivity (Wildman–Crippen MR) is 65.3 cm³/mol. The number of hydrogen-bond acceptors (Lipinski definition) is 2. The molecule has 0 aliphatic rings. The minimum Gasteiger partial charge on any atom is -0.325 e. The van der Waals surface area contributed by atoms with Crippen molar-refractivity contribution in [2.75, 3.05) is 0 Å². The van der Waals surface area contributed by atoms with Crippen molar-refractivity contribution in [3.63, 3.8) is 0 Å². The first-order chi connectivity index (χ1) is 8.90. The minimum absolute atomic E-state index is 0.385. The highest BCUT2D eigenvalue weighted by Gasteiger charge is 2.29. The molecule has 0 bridgehead atoms. The number of alkyl halides is 3. The van der Waals surface area contributed by atoms with Gasteiger partial charge in [-0.3, -0.25) is 4.68 Å². The summed E-state index contributed by atoms with van der Waals surface area (Å²) in [4.78, 5) is 0. The number of rotatable bonds is 3. The maximum atomic E-state index is 12.4. The van der Waals surface area contributed by atoms with Gasteiger partial charge in [0.05, 0.1) is 17.0 Å². The summed E-state index contributed by atoms with van der Waals surface area (Å²) in [6, 6.07) is 6.97. The van der Waals surface area contributed by atoms with E-state index in [1.54, 1.807) is 11.7 Å². The molecule has 0 fully saturated rings. The van der Waals surface area contributed by atoms with Crippen LogP contribution in [0, 0.1) is 0 Å². The van der Waals surface area contributed by atoms with E-state index in [9.17, 15) is 13.2 Å². The molecule has 6 heteroatoms. The van der Waals surface area contributed by atoms with Gasteiger partial charge in [-0.1, -0.05) is 12.1 Å². The largest absolute Gasteiger partial charge is 0.416 e. The van der Waals surface area contributed by atoms with E-state index in [2.05, 4.69) is 5.10 Å². The Morgan fingerprint density at radius 2 is 1.84 bits per heavy atom. The van der Waals surface area contributed by atoms with Crippen LogP contribution in [0.1, 0.15) is 22.5 Å². The average Bonchev–Trinajstić information content (AvgIpc) is 2.69. The van der Waals surface area contributed by atoms with Gasteiger partial charge in [0.2, 0.25) is 0 Å². The Hall–Kier alpha value is -1.82. The monoisotopic (exact) mass is 269 g/mol. The van der Waals surface area contributed by atoms with Gasteiger partial charge in [0.15, 0.2) is 0 Å². The van der Waals surface area contributed by atoms with Gasteiger partial charge >= 0.3 is 6.18 Å². The Morgan fingerprint density at radius 1 is 1.21 bits per heavy atom. The summed E-state index contributed by atoms with van der Waals surface area (Å²) in [5.41, 5.74) is 7.37. The van der Waals surface area contributed by atoms with E-state index in [0.29, 0.717) is 13.0 Å². The van der Waals surface area contributed by atoms with Crippen LogP contribution in [0.2, 0.25) is 0 Å². The van der Waals surface area contributed by atoms with Crippen LogP contribution in [0.25, 0.3) is 0 Å². The first-order valence-corrected chi connectivity index (χ1v) is 5.78. The summed E-state index contributed by atoms with van der Waals surface area (Å²) in [7, 11) is 1.79. The smallest absolute Gasteiger partial charge is 0.325 e. The molecule has 2 rings (SSSR count). The number of benzene rings is 1. The Balaban J connectivity index is 2.15. The third kappa shape index (κ3) is 3.14. The normalized spacial score (nSPS) is 11.8. The number of aromatic nitrogens is 2. The van der Waals surface area contributed by atoms with Gasteiger partial charge < -0.3 is 5.73 Å². The molecule has 1 aromatic heterocycles. The van der Waals surface area contributed by atoms with Crippen molar-refractivity contribution in [2.45, 2.75) is 19.1 Å². The Labute approximate surface area is 108 Å². The third-order valence-corrected chi connectivity index (χ3v) is 2.90. The predicted octanol–water partition coefficient (Wildman–Crippen LogP) is 2.49. The molecule has 0 saturated carbocycles. The standard InChI is InChI=1S/C13H14F3N3/c1-19-12(8-17)7-11(18-19)6-9-2-4-10(5-3-9)13(14,15)16/h2-5,7H,6,8,17H2,1H3. The van der Waals surface area contributed by atoms with Crippen molar-refractivity contribution < 1.29 is 13.2 Å². The van der Waals surface area contributed by atoms with Crippen LogP contribution in [-0.4, -0.2) is 9.78 Å². The zero-order valence-electron chi connectivity index (χ0n) is 10.4. The second-order valence-corrected chi connectivity index (χ2v) is 4.33. The van der Waals surface area contributed by atoms with Crippen LogP contribution < -0.4 is 5.73 Å².